The number of ether oxygens (including phenoxy) is 1. The first kappa shape index (κ1) is 17.3. The predicted molar refractivity (Wildman–Crippen MR) is 112 cm³/mol. The summed E-state index contributed by atoms with van der Waals surface area (Å²) in [6, 6.07) is 20.8. The van der Waals surface area contributed by atoms with Crippen molar-refractivity contribution >= 4 is 22.4 Å². The van der Waals surface area contributed by atoms with Crippen LogP contribution in [0.2, 0.25) is 0 Å². The fraction of sp³-hybridized carbons (Fsp3) is 0. The monoisotopic (exact) mass is 398 g/mol. The van der Waals surface area contributed by atoms with Crippen LogP contribution in [0.1, 0.15) is 5.56 Å². The second kappa shape index (κ2) is 7.29. The minimum absolute atomic E-state index is 0.188. The number of benzene rings is 2. The number of thiazole rings is 1. The van der Waals surface area contributed by atoms with Gasteiger partial charge in [0.1, 0.15) is 11.5 Å². The molecule has 0 atom stereocenters. The highest BCUT2D eigenvalue weighted by atomic mass is 32.1. The maximum absolute atomic E-state index is 12.7. The second-order valence-electron chi connectivity index (χ2n) is 6.27. The average molecular weight is 398 g/mol. The Morgan fingerprint density at radius 1 is 0.931 bits per heavy atom. The predicted octanol–water partition coefficient (Wildman–Crippen LogP) is 3.55. The van der Waals surface area contributed by atoms with Crippen LogP contribution in [0.5, 0.6) is 11.5 Å². The Kier molecular flexibility index (Phi) is 4.34. The van der Waals surface area contributed by atoms with Crippen LogP contribution >= 0.6 is 11.3 Å². The SMILES string of the molecule is O=c1/c(=C/c2cccc(Oc3ccccc3)c2)sc2nc(-c3ccncc3)nn12. The van der Waals surface area contributed by atoms with Crippen LogP contribution in [0.3, 0.4) is 0 Å². The zero-order chi connectivity index (χ0) is 19.6. The highest BCUT2D eigenvalue weighted by Gasteiger charge is 2.11. The number of nitrogens with zero attached hydrogens (tertiary/aromatic N) is 4. The summed E-state index contributed by atoms with van der Waals surface area (Å²) in [7, 11) is 0. The number of fused-ring (bicyclic) bond motifs is 1. The van der Waals surface area contributed by atoms with Gasteiger partial charge in [0.25, 0.3) is 5.56 Å². The zero-order valence-electron chi connectivity index (χ0n) is 15.1. The summed E-state index contributed by atoms with van der Waals surface area (Å²) >= 11 is 1.31. The second-order valence-corrected chi connectivity index (χ2v) is 7.28. The van der Waals surface area contributed by atoms with Crippen molar-refractivity contribution in [1.29, 1.82) is 0 Å². The zero-order valence-corrected chi connectivity index (χ0v) is 15.9. The van der Waals surface area contributed by atoms with E-state index in [9.17, 15) is 4.79 Å². The molecular weight excluding hydrogens is 384 g/mol. The van der Waals surface area contributed by atoms with Crippen LogP contribution in [-0.2, 0) is 0 Å². The van der Waals surface area contributed by atoms with Gasteiger partial charge in [0, 0.05) is 18.0 Å². The molecule has 0 aliphatic heterocycles. The van der Waals surface area contributed by atoms with Gasteiger partial charge in [-0.05, 0) is 48.0 Å². The summed E-state index contributed by atoms with van der Waals surface area (Å²) < 4.78 is 7.78. The Morgan fingerprint density at radius 3 is 2.52 bits per heavy atom. The number of para-hydroxylation sites is 1. The van der Waals surface area contributed by atoms with E-state index in [1.165, 1.54) is 15.9 Å². The van der Waals surface area contributed by atoms with E-state index < -0.39 is 0 Å². The summed E-state index contributed by atoms with van der Waals surface area (Å²) in [6.07, 6.45) is 5.17. The van der Waals surface area contributed by atoms with E-state index >= 15 is 0 Å². The molecular formula is C22H14N4O2S. The van der Waals surface area contributed by atoms with Gasteiger partial charge in [0.2, 0.25) is 4.96 Å². The third kappa shape index (κ3) is 3.51. The highest BCUT2D eigenvalue weighted by molar-refractivity contribution is 7.15. The number of hydrogen-bond donors (Lipinski definition) is 0. The van der Waals surface area contributed by atoms with Gasteiger partial charge in [-0.15, -0.1) is 5.10 Å². The highest BCUT2D eigenvalue weighted by Crippen LogP contribution is 2.22. The van der Waals surface area contributed by atoms with Gasteiger partial charge in [0.15, 0.2) is 5.82 Å². The first-order valence-corrected chi connectivity index (χ1v) is 9.72. The molecule has 7 heteroatoms. The molecule has 0 saturated heterocycles. The fourth-order valence-corrected chi connectivity index (χ4v) is 3.81. The van der Waals surface area contributed by atoms with Gasteiger partial charge in [-0.1, -0.05) is 41.7 Å². The van der Waals surface area contributed by atoms with Gasteiger partial charge in [-0.3, -0.25) is 9.78 Å². The van der Waals surface area contributed by atoms with Crippen molar-refractivity contribution in [3.05, 3.63) is 99.6 Å². The molecule has 5 rings (SSSR count). The summed E-state index contributed by atoms with van der Waals surface area (Å²) in [5, 5.41) is 4.35. The standard InChI is InChI=1S/C22H14N4O2S/c27-21-19(29-22-24-20(25-26(21)22)16-9-11-23-12-10-16)14-15-5-4-8-18(13-15)28-17-6-2-1-3-7-17/h1-14H/b19-14-. The Bertz CT molecular complexity index is 1400. The first-order valence-electron chi connectivity index (χ1n) is 8.91. The molecule has 3 aromatic heterocycles. The van der Waals surface area contributed by atoms with Gasteiger partial charge in [-0.2, -0.15) is 9.50 Å². The van der Waals surface area contributed by atoms with Crippen molar-refractivity contribution in [2.24, 2.45) is 0 Å². The summed E-state index contributed by atoms with van der Waals surface area (Å²) in [5.74, 6) is 1.98. The van der Waals surface area contributed by atoms with Crippen molar-refractivity contribution in [1.82, 2.24) is 19.6 Å². The molecule has 0 fully saturated rings. The fourth-order valence-electron chi connectivity index (χ4n) is 2.90. The largest absolute Gasteiger partial charge is 0.457 e. The minimum Gasteiger partial charge on any atom is -0.457 e. The Labute approximate surface area is 169 Å². The quantitative estimate of drug-likeness (QED) is 0.463. The van der Waals surface area contributed by atoms with E-state index in [-0.39, 0.29) is 5.56 Å². The molecule has 0 N–H and O–H groups in total. The average Bonchev–Trinajstić information content (AvgIpc) is 3.29. The molecule has 2 aromatic carbocycles. The van der Waals surface area contributed by atoms with Gasteiger partial charge in [0.05, 0.1) is 4.53 Å². The molecule has 0 spiro atoms. The van der Waals surface area contributed by atoms with Crippen molar-refractivity contribution in [3.8, 4) is 22.9 Å². The molecule has 3 heterocycles. The number of rotatable bonds is 4. The molecule has 29 heavy (non-hydrogen) atoms. The molecule has 140 valence electrons. The lowest BCUT2D eigenvalue weighted by Gasteiger charge is -2.05. The van der Waals surface area contributed by atoms with Crippen molar-refractivity contribution in [2.75, 3.05) is 0 Å². The summed E-state index contributed by atoms with van der Waals surface area (Å²) in [5.41, 5.74) is 1.51. The van der Waals surface area contributed by atoms with Crippen molar-refractivity contribution in [2.45, 2.75) is 0 Å². The van der Waals surface area contributed by atoms with Crippen LogP contribution < -0.4 is 14.8 Å². The molecule has 0 aliphatic rings. The Balaban J connectivity index is 1.49. The molecule has 6 nitrogen and oxygen atoms in total. The lowest BCUT2D eigenvalue weighted by atomic mass is 10.2. The van der Waals surface area contributed by atoms with E-state index in [0.717, 1.165) is 16.9 Å². The van der Waals surface area contributed by atoms with Gasteiger partial charge < -0.3 is 4.74 Å². The topological polar surface area (TPSA) is 69.4 Å². The number of hydrogen-bond acceptors (Lipinski definition) is 6. The van der Waals surface area contributed by atoms with E-state index in [2.05, 4.69) is 15.1 Å². The molecule has 0 saturated carbocycles. The van der Waals surface area contributed by atoms with E-state index in [4.69, 9.17) is 4.74 Å². The van der Waals surface area contributed by atoms with Crippen LogP contribution in [0.4, 0.5) is 0 Å². The molecule has 0 radical (unpaired) electrons. The van der Waals surface area contributed by atoms with E-state index in [0.29, 0.717) is 21.1 Å². The third-order valence-corrected chi connectivity index (χ3v) is 5.21. The van der Waals surface area contributed by atoms with Crippen LogP contribution in [0.15, 0.2) is 83.9 Å². The minimum atomic E-state index is -0.188. The third-order valence-electron chi connectivity index (χ3n) is 4.26. The molecule has 0 unspecified atom stereocenters. The summed E-state index contributed by atoms with van der Waals surface area (Å²) in [4.78, 5) is 21.8. The number of pyridine rings is 1. The maximum Gasteiger partial charge on any atom is 0.291 e. The molecule has 0 aliphatic carbocycles. The Hall–Kier alpha value is -3.84. The van der Waals surface area contributed by atoms with E-state index in [1.54, 1.807) is 12.4 Å². The normalized spacial score (nSPS) is 11.8. The lowest BCUT2D eigenvalue weighted by Crippen LogP contribution is -2.23. The first-order chi connectivity index (χ1) is 14.3. The molecule has 5 aromatic rings. The van der Waals surface area contributed by atoms with Crippen LogP contribution in [-0.4, -0.2) is 19.6 Å². The van der Waals surface area contributed by atoms with E-state index in [1.807, 2.05) is 72.8 Å². The van der Waals surface area contributed by atoms with Crippen molar-refractivity contribution in [3.63, 3.8) is 0 Å². The van der Waals surface area contributed by atoms with Crippen molar-refractivity contribution < 1.29 is 4.74 Å². The van der Waals surface area contributed by atoms with Crippen LogP contribution in [0.25, 0.3) is 22.4 Å². The Morgan fingerprint density at radius 2 is 1.72 bits per heavy atom. The number of aromatic nitrogens is 4. The molecule has 0 amide bonds. The maximum atomic E-state index is 12.7. The van der Waals surface area contributed by atoms with Crippen LogP contribution in [0, 0.1) is 0 Å². The summed E-state index contributed by atoms with van der Waals surface area (Å²) in [6.45, 7) is 0. The molecule has 0 bridgehead atoms. The smallest absolute Gasteiger partial charge is 0.291 e. The van der Waals surface area contributed by atoms with Gasteiger partial charge >= 0.3 is 0 Å². The van der Waals surface area contributed by atoms with Gasteiger partial charge in [-0.25, -0.2) is 0 Å². The lowest BCUT2D eigenvalue weighted by molar-refractivity contribution is 0.482.